The molecule has 2 aromatic heterocycles. The number of hydrogen-bond donors (Lipinski definition) is 1. The Morgan fingerprint density at radius 1 is 0.970 bits per heavy atom. The molecule has 0 spiro atoms. The summed E-state index contributed by atoms with van der Waals surface area (Å²) in [6.45, 7) is 1.44. The van der Waals surface area contributed by atoms with Crippen molar-refractivity contribution in [2.24, 2.45) is 0 Å². The van der Waals surface area contributed by atoms with E-state index in [1.54, 1.807) is 24.2 Å². The molecule has 166 valence electrons. The lowest BCUT2D eigenvalue weighted by atomic mass is 10.2. The van der Waals surface area contributed by atoms with Gasteiger partial charge in [-0.2, -0.15) is 4.98 Å². The average molecular weight is 458 g/mol. The largest absolute Gasteiger partial charge is 0.356 e. The number of nitrogens with one attached hydrogen (secondary N) is 1. The number of hydrogen-bond acceptors (Lipinski definition) is 7. The molecule has 1 amide bonds. The topological polar surface area (TPSA) is 84.1 Å². The summed E-state index contributed by atoms with van der Waals surface area (Å²) < 4.78 is 5.27. The summed E-state index contributed by atoms with van der Waals surface area (Å²) in [5.41, 5.74) is 3.27. The third-order valence-corrected chi connectivity index (χ3v) is 6.52. The highest BCUT2D eigenvalue weighted by atomic mass is 32.2. The second-order valence-corrected chi connectivity index (χ2v) is 8.72. The zero-order chi connectivity index (χ0) is 22.5. The van der Waals surface area contributed by atoms with Crippen LogP contribution in [0.3, 0.4) is 0 Å². The van der Waals surface area contributed by atoms with Crippen LogP contribution in [-0.4, -0.2) is 34.1 Å². The molecule has 7 nitrogen and oxygen atoms in total. The van der Waals surface area contributed by atoms with Crippen molar-refractivity contribution in [1.82, 2.24) is 20.4 Å². The number of amides is 1. The van der Waals surface area contributed by atoms with Crippen LogP contribution in [0.15, 0.2) is 87.4 Å². The van der Waals surface area contributed by atoms with Crippen LogP contribution in [0.1, 0.15) is 18.7 Å². The van der Waals surface area contributed by atoms with E-state index in [9.17, 15) is 4.79 Å². The number of anilines is 2. The van der Waals surface area contributed by atoms with Gasteiger partial charge in [0.15, 0.2) is 0 Å². The predicted molar refractivity (Wildman–Crippen MR) is 127 cm³/mol. The lowest BCUT2D eigenvalue weighted by Gasteiger charge is -2.32. The van der Waals surface area contributed by atoms with Crippen LogP contribution in [0, 0.1) is 0 Å². The fraction of sp³-hybridized carbons (Fsp3) is 0.200. The van der Waals surface area contributed by atoms with Crippen LogP contribution < -0.4 is 10.2 Å². The molecule has 0 aliphatic carbocycles. The lowest BCUT2D eigenvalue weighted by molar-refractivity contribution is -0.121. The normalized spacial score (nSPS) is 12.2. The number of nitrogens with zero attached hydrogens (tertiary/aromatic N) is 4. The Morgan fingerprint density at radius 3 is 2.39 bits per heavy atom. The summed E-state index contributed by atoms with van der Waals surface area (Å²) in [5, 5.41) is 6.99. The molecular weight excluding hydrogens is 434 g/mol. The van der Waals surface area contributed by atoms with Crippen molar-refractivity contribution in [2.75, 3.05) is 18.0 Å². The summed E-state index contributed by atoms with van der Waals surface area (Å²) in [4.78, 5) is 25.5. The SMILES string of the molecule is O=C(CCc1nc(-c2ccncc2)no1)NCCCN1c2ccccc2Sc2ccccc21. The molecule has 1 aliphatic rings. The highest BCUT2D eigenvalue weighted by Crippen LogP contribution is 2.47. The van der Waals surface area contributed by atoms with Crippen LogP contribution in [0.25, 0.3) is 11.4 Å². The van der Waals surface area contributed by atoms with E-state index in [0.29, 0.717) is 31.1 Å². The maximum atomic E-state index is 12.3. The van der Waals surface area contributed by atoms with Crippen molar-refractivity contribution >= 4 is 29.0 Å². The number of benzene rings is 2. The van der Waals surface area contributed by atoms with Gasteiger partial charge in [0.25, 0.3) is 0 Å². The van der Waals surface area contributed by atoms with Crippen molar-refractivity contribution in [1.29, 1.82) is 0 Å². The predicted octanol–water partition coefficient (Wildman–Crippen LogP) is 4.87. The number of aromatic nitrogens is 3. The van der Waals surface area contributed by atoms with Crippen molar-refractivity contribution in [2.45, 2.75) is 29.1 Å². The minimum Gasteiger partial charge on any atom is -0.356 e. The van der Waals surface area contributed by atoms with Gasteiger partial charge in [-0.3, -0.25) is 9.78 Å². The van der Waals surface area contributed by atoms with Crippen LogP contribution in [-0.2, 0) is 11.2 Å². The monoisotopic (exact) mass is 457 g/mol. The van der Waals surface area contributed by atoms with Gasteiger partial charge in [0.1, 0.15) is 0 Å². The summed E-state index contributed by atoms with van der Waals surface area (Å²) in [6, 6.07) is 20.5. The van der Waals surface area contributed by atoms with E-state index in [4.69, 9.17) is 4.52 Å². The maximum absolute atomic E-state index is 12.3. The smallest absolute Gasteiger partial charge is 0.227 e. The lowest BCUT2D eigenvalue weighted by Crippen LogP contribution is -2.29. The third-order valence-electron chi connectivity index (χ3n) is 5.39. The van der Waals surface area contributed by atoms with Gasteiger partial charge in [0.2, 0.25) is 17.6 Å². The number of fused-ring (bicyclic) bond motifs is 2. The standard InChI is InChI=1S/C25H23N5O2S/c31-23(10-11-24-28-25(29-32-24)18-12-15-26-16-13-18)27-14-5-17-30-19-6-1-3-8-21(19)33-22-9-4-2-7-20(22)30/h1-4,6-9,12-13,15-16H,5,10-11,14,17H2,(H,27,31). The van der Waals surface area contributed by atoms with Crippen molar-refractivity contribution in [3.63, 3.8) is 0 Å². The fourth-order valence-corrected chi connectivity index (χ4v) is 4.87. The Kier molecular flexibility index (Phi) is 6.34. The first-order chi connectivity index (χ1) is 16.3. The zero-order valence-corrected chi connectivity index (χ0v) is 18.8. The Labute approximate surface area is 196 Å². The number of para-hydroxylation sites is 2. The van der Waals surface area contributed by atoms with Crippen molar-refractivity contribution < 1.29 is 9.32 Å². The summed E-state index contributed by atoms with van der Waals surface area (Å²) >= 11 is 1.80. The first-order valence-electron chi connectivity index (χ1n) is 10.9. The highest BCUT2D eigenvalue weighted by Gasteiger charge is 2.22. The molecule has 0 bridgehead atoms. The Morgan fingerprint density at radius 2 is 1.67 bits per heavy atom. The van der Waals surface area contributed by atoms with E-state index in [0.717, 1.165) is 18.5 Å². The molecule has 0 radical (unpaired) electrons. The second-order valence-electron chi connectivity index (χ2n) is 7.64. The molecular formula is C25H23N5O2S. The van der Waals surface area contributed by atoms with Crippen molar-refractivity contribution in [3.8, 4) is 11.4 Å². The molecule has 5 rings (SSSR count). The zero-order valence-electron chi connectivity index (χ0n) is 18.0. The summed E-state index contributed by atoms with van der Waals surface area (Å²) in [5.74, 6) is 0.942. The Balaban J connectivity index is 1.11. The Bertz CT molecular complexity index is 1200. The minimum atomic E-state index is -0.0198. The highest BCUT2D eigenvalue weighted by molar-refractivity contribution is 7.99. The molecule has 3 heterocycles. The fourth-order valence-electron chi connectivity index (χ4n) is 3.77. The van der Waals surface area contributed by atoms with E-state index >= 15 is 0 Å². The molecule has 0 unspecified atom stereocenters. The molecule has 0 atom stereocenters. The van der Waals surface area contributed by atoms with E-state index in [-0.39, 0.29) is 5.91 Å². The molecule has 0 saturated heterocycles. The molecule has 2 aromatic carbocycles. The first kappa shape index (κ1) is 21.2. The van der Waals surface area contributed by atoms with Crippen LogP contribution in [0.4, 0.5) is 11.4 Å². The second kappa shape index (κ2) is 9.87. The quantitative estimate of drug-likeness (QED) is 0.378. The third kappa shape index (κ3) is 4.90. The first-order valence-corrected chi connectivity index (χ1v) is 11.7. The van der Waals surface area contributed by atoms with Gasteiger partial charge in [-0.05, 0) is 42.8 Å². The molecule has 8 heteroatoms. The van der Waals surface area contributed by atoms with E-state index in [2.05, 4.69) is 73.9 Å². The van der Waals surface area contributed by atoms with Crippen molar-refractivity contribution in [3.05, 3.63) is 78.9 Å². The molecule has 0 saturated carbocycles. The summed E-state index contributed by atoms with van der Waals surface area (Å²) in [6.07, 6.45) is 4.92. The number of carbonyl (C=O) groups excluding carboxylic acids is 1. The van der Waals surface area contributed by atoms with Crippen LogP contribution in [0.5, 0.6) is 0 Å². The number of carbonyl (C=O) groups is 1. The van der Waals surface area contributed by atoms with Gasteiger partial charge >= 0.3 is 0 Å². The van der Waals surface area contributed by atoms with Gasteiger partial charge in [-0.15, -0.1) is 0 Å². The maximum Gasteiger partial charge on any atom is 0.227 e. The molecule has 1 aliphatic heterocycles. The van der Waals surface area contributed by atoms with E-state index in [1.165, 1.54) is 21.2 Å². The Hall–Kier alpha value is -3.65. The van der Waals surface area contributed by atoms with Gasteiger partial charge in [0, 0.05) is 53.7 Å². The number of pyridine rings is 1. The molecule has 0 fully saturated rings. The van der Waals surface area contributed by atoms with Gasteiger partial charge < -0.3 is 14.7 Å². The average Bonchev–Trinajstić information content (AvgIpc) is 3.34. The van der Waals surface area contributed by atoms with Crippen LogP contribution >= 0.6 is 11.8 Å². The number of rotatable bonds is 8. The minimum absolute atomic E-state index is 0.0198. The van der Waals surface area contributed by atoms with Gasteiger partial charge in [-0.25, -0.2) is 0 Å². The van der Waals surface area contributed by atoms with E-state index < -0.39 is 0 Å². The van der Waals surface area contributed by atoms with Gasteiger partial charge in [0.05, 0.1) is 11.4 Å². The van der Waals surface area contributed by atoms with Crippen LogP contribution in [0.2, 0.25) is 0 Å². The molecule has 33 heavy (non-hydrogen) atoms. The summed E-state index contributed by atoms with van der Waals surface area (Å²) in [7, 11) is 0. The molecule has 4 aromatic rings. The van der Waals surface area contributed by atoms with E-state index in [1.807, 2.05) is 12.1 Å². The van der Waals surface area contributed by atoms with Gasteiger partial charge in [-0.1, -0.05) is 41.2 Å². The number of aryl methyl sites for hydroxylation is 1. The molecule has 1 N–H and O–H groups in total.